The van der Waals surface area contributed by atoms with Crippen molar-refractivity contribution in [3.05, 3.63) is 53.3 Å². The van der Waals surface area contributed by atoms with Crippen molar-refractivity contribution in [3.8, 4) is 5.75 Å². The molecule has 0 unspecified atom stereocenters. The van der Waals surface area contributed by atoms with Crippen LogP contribution in [0.5, 0.6) is 5.75 Å². The predicted octanol–water partition coefficient (Wildman–Crippen LogP) is 5.63. The number of carboxylic acids is 1. The van der Waals surface area contributed by atoms with Gasteiger partial charge >= 0.3 is 12.1 Å². The average molecular weight is 427 g/mol. The van der Waals surface area contributed by atoms with Crippen LogP contribution in [0.1, 0.15) is 44.7 Å². The second-order valence-electron chi connectivity index (χ2n) is 6.81. The van der Waals surface area contributed by atoms with Gasteiger partial charge in [0.05, 0.1) is 6.61 Å². The number of benzene rings is 1. The molecule has 0 spiro atoms. The zero-order valence-electron chi connectivity index (χ0n) is 17.6. The smallest absolute Gasteiger partial charge is 0.411 e. The fraction of sp³-hybridized carbons (Fsp3) is 0.455. The molecule has 1 atom stereocenters. The number of aryl methyl sites for hydroxylation is 2. The van der Waals surface area contributed by atoms with Crippen LogP contribution in [-0.2, 0) is 16.0 Å². The Balaban J connectivity index is 2.61. The third kappa shape index (κ3) is 10.1. The normalized spacial score (nSPS) is 14.1. The Hall–Kier alpha value is -2.77. The molecule has 30 heavy (non-hydrogen) atoms. The molecule has 0 fully saturated rings. The Bertz CT molecular complexity index is 798. The number of hydrogen-bond acceptors (Lipinski definition) is 4. The molecule has 0 radical (unpaired) electrons. The Morgan fingerprint density at radius 2 is 2.03 bits per heavy atom. The van der Waals surface area contributed by atoms with Crippen molar-refractivity contribution in [2.24, 2.45) is 4.99 Å². The second kappa shape index (κ2) is 12.0. The van der Waals surface area contributed by atoms with Gasteiger partial charge in [-0.05, 0) is 57.4 Å². The van der Waals surface area contributed by atoms with Crippen molar-refractivity contribution in [3.63, 3.8) is 0 Å². The number of aliphatic carboxylic acids is 1. The number of carbonyl (C=O) groups is 1. The number of aliphatic imine (C=N–C) groups is 1. The highest BCUT2D eigenvalue weighted by Gasteiger charge is 2.22. The van der Waals surface area contributed by atoms with Crippen LogP contribution in [-0.4, -0.2) is 35.9 Å². The molecule has 1 aromatic rings. The fourth-order valence-corrected chi connectivity index (χ4v) is 2.41. The van der Waals surface area contributed by atoms with Gasteiger partial charge in [0, 0.05) is 30.7 Å². The average Bonchev–Trinajstić information content (AvgIpc) is 2.64. The molecule has 1 rings (SSSR count). The van der Waals surface area contributed by atoms with Gasteiger partial charge in [-0.2, -0.15) is 13.2 Å². The van der Waals surface area contributed by atoms with Crippen molar-refractivity contribution >= 4 is 11.9 Å². The summed E-state index contributed by atoms with van der Waals surface area (Å²) in [4.78, 5) is 14.5. The summed E-state index contributed by atoms with van der Waals surface area (Å²) in [7, 11) is 0. The van der Waals surface area contributed by atoms with Crippen LogP contribution < -0.4 is 4.74 Å². The van der Waals surface area contributed by atoms with Gasteiger partial charge in [0.25, 0.3) is 0 Å². The van der Waals surface area contributed by atoms with Crippen molar-refractivity contribution in [1.29, 1.82) is 0 Å². The Morgan fingerprint density at radius 1 is 1.33 bits per heavy atom. The lowest BCUT2D eigenvalue weighted by Gasteiger charge is -2.17. The Labute approximate surface area is 174 Å². The first-order valence-corrected chi connectivity index (χ1v) is 9.58. The minimum absolute atomic E-state index is 0.0511. The molecule has 0 aromatic heterocycles. The molecule has 0 aliphatic rings. The molecule has 0 saturated carbocycles. The van der Waals surface area contributed by atoms with E-state index >= 15 is 0 Å². The lowest BCUT2D eigenvalue weighted by molar-refractivity contribution is -0.136. The number of hydrogen-bond donors (Lipinski definition) is 1. The van der Waals surface area contributed by atoms with Crippen LogP contribution in [0.3, 0.4) is 0 Å². The molecule has 1 N–H and O–H groups in total. The first kappa shape index (κ1) is 25.3. The van der Waals surface area contributed by atoms with E-state index in [2.05, 4.69) is 4.99 Å². The van der Waals surface area contributed by atoms with Crippen LogP contribution in [0.2, 0.25) is 0 Å². The second-order valence-corrected chi connectivity index (χ2v) is 6.81. The van der Waals surface area contributed by atoms with E-state index in [4.69, 9.17) is 14.6 Å². The number of halogens is 3. The number of nitrogens with zero attached hydrogens (tertiary/aromatic N) is 1. The van der Waals surface area contributed by atoms with Crippen molar-refractivity contribution in [2.45, 2.75) is 59.2 Å². The topological polar surface area (TPSA) is 68.1 Å². The summed E-state index contributed by atoms with van der Waals surface area (Å²) in [5.74, 6) is -0.0526. The Morgan fingerprint density at radius 3 is 2.60 bits per heavy atom. The first-order chi connectivity index (χ1) is 14.0. The standard InChI is InChI=1S/C22H28F3NO4/c1-5-15(2)21(26-12-11-22(23,24)25)30-17(4)10-13-29-19-8-6-18(16(3)14-19)7-9-20(27)28/h5-6,8,11-12,14,17H,7,9-10,13H2,1-4H3,(H,27,28)/b12-11+,15-5-,26-21+/t17-/m1/s1. The van der Waals surface area contributed by atoms with Gasteiger partial charge in [-0.15, -0.1) is 0 Å². The van der Waals surface area contributed by atoms with E-state index in [-0.39, 0.29) is 24.5 Å². The van der Waals surface area contributed by atoms with Crippen LogP contribution >= 0.6 is 0 Å². The zero-order chi connectivity index (χ0) is 22.7. The summed E-state index contributed by atoms with van der Waals surface area (Å²) in [6, 6.07) is 5.48. The van der Waals surface area contributed by atoms with Crippen LogP contribution in [0.25, 0.3) is 0 Å². The summed E-state index contributed by atoms with van der Waals surface area (Å²) < 4.78 is 48.2. The molecule has 0 aliphatic carbocycles. The summed E-state index contributed by atoms with van der Waals surface area (Å²) in [5.41, 5.74) is 2.53. The maximum atomic E-state index is 12.3. The lowest BCUT2D eigenvalue weighted by Crippen LogP contribution is -2.18. The van der Waals surface area contributed by atoms with Gasteiger partial charge in [0.15, 0.2) is 0 Å². The number of carboxylic acid groups (broad SMARTS) is 1. The molecule has 8 heteroatoms. The minimum Gasteiger partial charge on any atom is -0.493 e. The number of ether oxygens (including phenoxy) is 2. The van der Waals surface area contributed by atoms with Crippen molar-refractivity contribution in [1.82, 2.24) is 0 Å². The van der Waals surface area contributed by atoms with Gasteiger partial charge < -0.3 is 14.6 Å². The largest absolute Gasteiger partial charge is 0.493 e. The molecular formula is C22H28F3NO4. The molecule has 1 aromatic carbocycles. The highest BCUT2D eigenvalue weighted by Crippen LogP contribution is 2.19. The van der Waals surface area contributed by atoms with Gasteiger partial charge in [0.1, 0.15) is 11.9 Å². The molecule has 0 aliphatic heterocycles. The van der Waals surface area contributed by atoms with Gasteiger partial charge in [-0.25, -0.2) is 4.99 Å². The van der Waals surface area contributed by atoms with Crippen LogP contribution in [0, 0.1) is 6.92 Å². The molecule has 0 heterocycles. The van der Waals surface area contributed by atoms with E-state index < -0.39 is 12.1 Å². The van der Waals surface area contributed by atoms with E-state index in [0.717, 1.165) is 11.1 Å². The summed E-state index contributed by atoms with van der Waals surface area (Å²) in [6.07, 6.45) is -1.29. The van der Waals surface area contributed by atoms with E-state index in [1.807, 2.05) is 19.1 Å². The van der Waals surface area contributed by atoms with E-state index in [0.29, 0.717) is 37.0 Å². The maximum absolute atomic E-state index is 12.3. The van der Waals surface area contributed by atoms with E-state index in [1.54, 1.807) is 32.9 Å². The molecule has 0 saturated heterocycles. The minimum atomic E-state index is -4.43. The molecule has 166 valence electrons. The molecule has 0 amide bonds. The van der Waals surface area contributed by atoms with Crippen LogP contribution in [0.15, 0.2) is 47.1 Å². The molecular weight excluding hydrogens is 399 g/mol. The molecule has 0 bridgehead atoms. The fourth-order valence-electron chi connectivity index (χ4n) is 2.41. The number of alkyl halides is 3. The highest BCUT2D eigenvalue weighted by molar-refractivity contribution is 5.93. The predicted molar refractivity (Wildman–Crippen MR) is 110 cm³/mol. The zero-order valence-corrected chi connectivity index (χ0v) is 17.6. The van der Waals surface area contributed by atoms with E-state index in [1.165, 1.54) is 0 Å². The van der Waals surface area contributed by atoms with Crippen molar-refractivity contribution in [2.75, 3.05) is 6.61 Å². The van der Waals surface area contributed by atoms with Gasteiger partial charge in [-0.1, -0.05) is 12.1 Å². The quantitative estimate of drug-likeness (QED) is 0.388. The Kier molecular flexibility index (Phi) is 10.1. The SMILES string of the molecule is C\C=C(C)/C(=N\C=C\C(F)(F)F)O[C@H](C)CCOc1ccc(CCC(=O)O)c(C)c1. The van der Waals surface area contributed by atoms with Gasteiger partial charge in [-0.3, -0.25) is 4.79 Å². The highest BCUT2D eigenvalue weighted by atomic mass is 19.4. The number of rotatable bonds is 10. The summed E-state index contributed by atoms with van der Waals surface area (Å²) in [5, 5.41) is 8.78. The maximum Gasteiger partial charge on any atom is 0.411 e. The number of allylic oxidation sites excluding steroid dienone is 2. The third-order valence-electron chi connectivity index (χ3n) is 4.25. The van der Waals surface area contributed by atoms with E-state index in [9.17, 15) is 18.0 Å². The van der Waals surface area contributed by atoms with Crippen LogP contribution in [0.4, 0.5) is 13.2 Å². The first-order valence-electron chi connectivity index (χ1n) is 9.58. The molecule has 5 nitrogen and oxygen atoms in total. The van der Waals surface area contributed by atoms with Gasteiger partial charge in [0.2, 0.25) is 5.90 Å². The van der Waals surface area contributed by atoms with Crippen molar-refractivity contribution < 1.29 is 32.5 Å². The monoisotopic (exact) mass is 427 g/mol. The third-order valence-corrected chi connectivity index (χ3v) is 4.25. The lowest BCUT2D eigenvalue weighted by atomic mass is 10.0. The summed E-state index contributed by atoms with van der Waals surface area (Å²) in [6.45, 7) is 7.48. The summed E-state index contributed by atoms with van der Waals surface area (Å²) >= 11 is 0.